The number of hydrogen-bond acceptors (Lipinski definition) is 7. The summed E-state index contributed by atoms with van der Waals surface area (Å²) in [6.45, 7) is 11.5. The number of furan rings is 1. The van der Waals surface area contributed by atoms with Gasteiger partial charge >= 0.3 is 6.09 Å². The van der Waals surface area contributed by atoms with Crippen LogP contribution in [0.15, 0.2) is 27.8 Å². The van der Waals surface area contributed by atoms with Crippen molar-refractivity contribution in [2.75, 3.05) is 45.8 Å². The molecule has 4 rings (SSSR count). The van der Waals surface area contributed by atoms with E-state index < -0.39 is 5.60 Å². The number of halogens is 1. The van der Waals surface area contributed by atoms with Crippen LogP contribution in [0.5, 0.6) is 0 Å². The molecular formula is C21H34IN5O3. The standard InChI is InChI=1S/C21H33N5O3.HI/c1-21(2,3)29-20(27)25-10-11-26-16(15-25)13-22-19(26)23-14-17(18-7-6-12-28-18)24-8-4-5-9-24;/h6-7,12,16-17H,4-5,8-11,13-15H2,1-3H3,(H,22,23);1H. The maximum absolute atomic E-state index is 12.4. The Morgan fingerprint density at radius 1 is 1.30 bits per heavy atom. The van der Waals surface area contributed by atoms with Crippen molar-refractivity contribution < 1.29 is 13.9 Å². The van der Waals surface area contributed by atoms with Crippen LogP contribution < -0.4 is 5.32 Å². The molecule has 0 radical (unpaired) electrons. The molecule has 0 bridgehead atoms. The summed E-state index contributed by atoms with van der Waals surface area (Å²) in [5.74, 6) is 1.94. The number of rotatable bonds is 4. The van der Waals surface area contributed by atoms with Crippen LogP contribution >= 0.6 is 24.0 Å². The Morgan fingerprint density at radius 3 is 2.73 bits per heavy atom. The summed E-state index contributed by atoms with van der Waals surface area (Å²) in [6.07, 6.45) is 4.00. The number of carbonyl (C=O) groups is 1. The third kappa shape index (κ3) is 5.40. The molecule has 2 fully saturated rings. The van der Waals surface area contributed by atoms with Gasteiger partial charge in [0.25, 0.3) is 0 Å². The van der Waals surface area contributed by atoms with E-state index >= 15 is 0 Å². The molecule has 1 N–H and O–H groups in total. The number of likely N-dealkylation sites (tertiary alicyclic amines) is 1. The molecule has 1 aromatic rings. The van der Waals surface area contributed by atoms with Crippen molar-refractivity contribution in [3.05, 3.63) is 24.2 Å². The van der Waals surface area contributed by atoms with Crippen molar-refractivity contribution in [2.24, 2.45) is 4.99 Å². The molecule has 0 saturated carbocycles. The molecule has 168 valence electrons. The van der Waals surface area contributed by atoms with E-state index in [-0.39, 0.29) is 42.2 Å². The first kappa shape index (κ1) is 23.2. The van der Waals surface area contributed by atoms with Crippen LogP contribution in [-0.2, 0) is 4.74 Å². The quantitative estimate of drug-likeness (QED) is 0.603. The van der Waals surface area contributed by atoms with E-state index in [1.54, 1.807) is 11.2 Å². The van der Waals surface area contributed by atoms with E-state index in [1.165, 1.54) is 12.8 Å². The van der Waals surface area contributed by atoms with E-state index in [9.17, 15) is 4.79 Å². The van der Waals surface area contributed by atoms with Crippen molar-refractivity contribution >= 4 is 36.0 Å². The van der Waals surface area contributed by atoms with E-state index in [2.05, 4.69) is 21.2 Å². The van der Waals surface area contributed by atoms with Crippen LogP contribution in [-0.4, -0.2) is 84.2 Å². The van der Waals surface area contributed by atoms with Crippen LogP contribution in [0.25, 0.3) is 0 Å². The first-order valence-electron chi connectivity index (χ1n) is 10.7. The lowest BCUT2D eigenvalue weighted by atomic mass is 10.2. The third-order valence-electron chi connectivity index (χ3n) is 5.76. The summed E-state index contributed by atoms with van der Waals surface area (Å²) in [5, 5.41) is 3.57. The number of ether oxygens (including phenoxy) is 1. The number of guanidine groups is 1. The number of nitrogens with one attached hydrogen (secondary N) is 1. The second-order valence-electron chi connectivity index (χ2n) is 9.09. The predicted molar refractivity (Wildman–Crippen MR) is 126 cm³/mol. The predicted octanol–water partition coefficient (Wildman–Crippen LogP) is 2.92. The van der Waals surface area contributed by atoms with Gasteiger partial charge in [-0.1, -0.05) is 0 Å². The zero-order valence-corrected chi connectivity index (χ0v) is 20.5. The summed E-state index contributed by atoms with van der Waals surface area (Å²) in [4.78, 5) is 23.7. The lowest BCUT2D eigenvalue weighted by Gasteiger charge is -2.39. The number of hydrogen-bond donors (Lipinski definition) is 1. The average molecular weight is 531 g/mol. The normalized spacial score (nSPS) is 22.9. The lowest BCUT2D eigenvalue weighted by Crippen LogP contribution is -2.58. The zero-order valence-electron chi connectivity index (χ0n) is 18.2. The van der Waals surface area contributed by atoms with Crippen molar-refractivity contribution in [2.45, 2.75) is 51.3 Å². The number of aliphatic imine (C=N–C) groups is 1. The van der Waals surface area contributed by atoms with Crippen molar-refractivity contribution in [1.29, 1.82) is 0 Å². The van der Waals surface area contributed by atoms with Crippen LogP contribution in [0, 0.1) is 0 Å². The number of amides is 1. The minimum Gasteiger partial charge on any atom is -0.468 e. The Labute approximate surface area is 196 Å². The van der Waals surface area contributed by atoms with Crippen LogP contribution in [0.4, 0.5) is 4.79 Å². The second kappa shape index (κ2) is 9.76. The molecule has 0 spiro atoms. The van der Waals surface area contributed by atoms with E-state index in [0.717, 1.165) is 37.9 Å². The van der Waals surface area contributed by atoms with Gasteiger partial charge in [-0.05, 0) is 58.8 Å². The molecule has 30 heavy (non-hydrogen) atoms. The largest absolute Gasteiger partial charge is 0.468 e. The molecule has 4 heterocycles. The summed E-state index contributed by atoms with van der Waals surface area (Å²) in [7, 11) is 0. The van der Waals surface area contributed by atoms with Gasteiger partial charge in [0.15, 0.2) is 5.96 Å². The van der Waals surface area contributed by atoms with Gasteiger partial charge in [-0.15, -0.1) is 24.0 Å². The zero-order chi connectivity index (χ0) is 20.4. The van der Waals surface area contributed by atoms with Gasteiger partial charge in [0.2, 0.25) is 0 Å². The Kier molecular flexibility index (Phi) is 7.54. The van der Waals surface area contributed by atoms with E-state index in [4.69, 9.17) is 14.1 Å². The number of carbonyl (C=O) groups excluding carboxylic acids is 1. The van der Waals surface area contributed by atoms with Crippen LogP contribution in [0.2, 0.25) is 0 Å². The molecule has 0 aliphatic carbocycles. The second-order valence-corrected chi connectivity index (χ2v) is 9.09. The van der Waals surface area contributed by atoms with Crippen molar-refractivity contribution in [1.82, 2.24) is 20.0 Å². The Bertz CT molecular complexity index is 728. The summed E-state index contributed by atoms with van der Waals surface area (Å²) >= 11 is 0. The van der Waals surface area contributed by atoms with Gasteiger partial charge in [0, 0.05) is 26.2 Å². The van der Waals surface area contributed by atoms with Gasteiger partial charge in [0.1, 0.15) is 11.4 Å². The number of fused-ring (bicyclic) bond motifs is 1. The fraction of sp³-hybridized carbons (Fsp3) is 0.714. The molecule has 2 unspecified atom stereocenters. The minimum atomic E-state index is -0.469. The Morgan fingerprint density at radius 2 is 2.07 bits per heavy atom. The number of nitrogens with zero attached hydrogens (tertiary/aromatic N) is 4. The molecule has 3 aliphatic heterocycles. The van der Waals surface area contributed by atoms with E-state index in [1.807, 2.05) is 26.8 Å². The fourth-order valence-corrected chi connectivity index (χ4v) is 4.35. The maximum atomic E-state index is 12.4. The highest BCUT2D eigenvalue weighted by Crippen LogP contribution is 2.25. The number of piperazine rings is 1. The first-order valence-corrected chi connectivity index (χ1v) is 10.7. The molecule has 2 saturated heterocycles. The summed E-state index contributed by atoms with van der Waals surface area (Å²) in [5.41, 5.74) is -0.469. The molecule has 1 amide bonds. The molecule has 0 aromatic carbocycles. The summed E-state index contributed by atoms with van der Waals surface area (Å²) in [6, 6.07) is 4.45. The van der Waals surface area contributed by atoms with Crippen molar-refractivity contribution in [3.63, 3.8) is 0 Å². The highest BCUT2D eigenvalue weighted by molar-refractivity contribution is 14.0. The maximum Gasteiger partial charge on any atom is 0.410 e. The molecule has 3 aliphatic rings. The van der Waals surface area contributed by atoms with Crippen molar-refractivity contribution in [3.8, 4) is 0 Å². The first-order chi connectivity index (χ1) is 13.9. The molecule has 8 nitrogen and oxygen atoms in total. The third-order valence-corrected chi connectivity index (χ3v) is 5.76. The minimum absolute atomic E-state index is 0. The van der Waals surface area contributed by atoms with E-state index in [0.29, 0.717) is 19.6 Å². The topological polar surface area (TPSA) is 73.6 Å². The van der Waals surface area contributed by atoms with Gasteiger partial charge in [0.05, 0.1) is 24.9 Å². The molecule has 9 heteroatoms. The average Bonchev–Trinajstić information content (AvgIpc) is 3.43. The van der Waals surface area contributed by atoms with Gasteiger partial charge < -0.3 is 24.3 Å². The van der Waals surface area contributed by atoms with Gasteiger partial charge in [-0.2, -0.15) is 0 Å². The molecule has 1 aromatic heterocycles. The lowest BCUT2D eigenvalue weighted by molar-refractivity contribution is 0.0137. The molecular weight excluding hydrogens is 497 g/mol. The highest BCUT2D eigenvalue weighted by atomic mass is 127. The van der Waals surface area contributed by atoms with Crippen LogP contribution in [0.3, 0.4) is 0 Å². The SMILES string of the molecule is CC(C)(C)OC(=O)N1CCN2C(NCC(c3ccco3)N3CCCC3)=NCC2C1.I. The summed E-state index contributed by atoms with van der Waals surface area (Å²) < 4.78 is 11.2. The smallest absolute Gasteiger partial charge is 0.410 e. The fourth-order valence-electron chi connectivity index (χ4n) is 4.35. The van der Waals surface area contributed by atoms with Gasteiger partial charge in [-0.25, -0.2) is 4.79 Å². The molecule has 2 atom stereocenters. The monoisotopic (exact) mass is 531 g/mol. The Balaban J connectivity index is 0.00000256. The van der Waals surface area contributed by atoms with Crippen LogP contribution in [0.1, 0.15) is 45.4 Å². The highest BCUT2D eigenvalue weighted by Gasteiger charge is 2.37. The Hall–Kier alpha value is -1.49. The van der Waals surface area contributed by atoms with Gasteiger partial charge in [-0.3, -0.25) is 9.89 Å².